The number of halogens is 2. The molecule has 0 bridgehead atoms. The molecule has 200 valence electrons. The fraction of sp³-hybridized carbons (Fsp3) is 0.469. The zero-order valence-corrected chi connectivity index (χ0v) is 23.1. The third kappa shape index (κ3) is 7.85. The summed E-state index contributed by atoms with van der Waals surface area (Å²) in [4.78, 5) is 4.56. The lowest BCUT2D eigenvalue weighted by atomic mass is 10.0. The predicted octanol–water partition coefficient (Wildman–Crippen LogP) is 7.87. The largest absolute Gasteiger partial charge is 0.369 e. The lowest BCUT2D eigenvalue weighted by Crippen LogP contribution is -2.35. The molecule has 2 aromatic carbocycles. The molecule has 37 heavy (non-hydrogen) atoms. The van der Waals surface area contributed by atoms with Crippen LogP contribution in [-0.4, -0.2) is 37.6 Å². The number of aromatic nitrogens is 1. The molecule has 0 amide bonds. The third-order valence-corrected chi connectivity index (χ3v) is 7.15. The molecule has 1 aromatic heterocycles. The molecular weight excluding hydrogens is 464 g/mol. The Morgan fingerprint density at radius 2 is 1.49 bits per heavy atom. The summed E-state index contributed by atoms with van der Waals surface area (Å²) in [6, 6.07) is 12.9. The van der Waals surface area contributed by atoms with E-state index < -0.39 is 0 Å². The number of benzene rings is 2. The molecular formula is C32H44F2N3+. The fourth-order valence-electron chi connectivity index (χ4n) is 4.76. The van der Waals surface area contributed by atoms with Crippen LogP contribution in [0.5, 0.6) is 0 Å². The molecule has 0 aliphatic carbocycles. The van der Waals surface area contributed by atoms with Crippen molar-refractivity contribution in [3.05, 3.63) is 71.8 Å². The molecule has 3 nitrogen and oxygen atoms in total. The number of nitrogens with zero attached hydrogens (tertiary/aromatic N) is 3. The van der Waals surface area contributed by atoms with Crippen molar-refractivity contribution in [3.63, 3.8) is 0 Å². The minimum atomic E-state index is -0.320. The second-order valence-corrected chi connectivity index (χ2v) is 9.73. The van der Waals surface area contributed by atoms with Crippen molar-refractivity contribution < 1.29 is 13.3 Å². The first kappa shape index (κ1) is 28.8. The molecule has 1 heterocycles. The molecule has 3 aromatic rings. The third-order valence-electron chi connectivity index (χ3n) is 7.15. The van der Waals surface area contributed by atoms with Gasteiger partial charge in [0.25, 0.3) is 0 Å². The zero-order valence-electron chi connectivity index (χ0n) is 23.1. The van der Waals surface area contributed by atoms with Gasteiger partial charge in [-0.2, -0.15) is 0 Å². The first-order chi connectivity index (χ1) is 18.0. The lowest BCUT2D eigenvalue weighted by Gasteiger charge is -2.26. The maximum atomic E-state index is 15.7. The van der Waals surface area contributed by atoms with E-state index in [-0.39, 0.29) is 11.6 Å². The number of unbranched alkanes of at least 4 members (excludes halogenated alkanes) is 2. The van der Waals surface area contributed by atoms with Gasteiger partial charge >= 0.3 is 0 Å². The average Bonchev–Trinajstić information content (AvgIpc) is 2.92. The summed E-state index contributed by atoms with van der Waals surface area (Å²) in [6.45, 7) is 14.4. The van der Waals surface area contributed by atoms with E-state index in [1.807, 2.05) is 48.8 Å². The topological polar surface area (TPSA) is 10.4 Å². The number of rotatable bonds is 15. The Hall–Kier alpha value is -2.79. The van der Waals surface area contributed by atoms with E-state index in [9.17, 15) is 0 Å². The molecule has 0 atom stereocenters. The van der Waals surface area contributed by atoms with Crippen LogP contribution in [0, 0.1) is 5.82 Å². The van der Waals surface area contributed by atoms with Gasteiger partial charge in [-0.1, -0.05) is 64.8 Å². The highest BCUT2D eigenvalue weighted by atomic mass is 19.1. The minimum Gasteiger partial charge on any atom is -0.369 e. The smallest absolute Gasteiger partial charge is 0.169 e. The second kappa shape index (κ2) is 14.8. The van der Waals surface area contributed by atoms with Gasteiger partial charge in [-0.3, -0.25) is 0 Å². The normalized spacial score (nSPS) is 12.0. The van der Waals surface area contributed by atoms with Gasteiger partial charge in [0, 0.05) is 49.1 Å². The summed E-state index contributed by atoms with van der Waals surface area (Å²) < 4.78 is 33.0. The summed E-state index contributed by atoms with van der Waals surface area (Å²) in [6.07, 6.45) is 10.6. The monoisotopic (exact) mass is 508 g/mol. The second-order valence-electron chi connectivity index (χ2n) is 9.73. The summed E-state index contributed by atoms with van der Waals surface area (Å²) in [5.74, 6) is -0.536. The summed E-state index contributed by atoms with van der Waals surface area (Å²) in [5, 5.41) is 1.27. The molecule has 0 N–H and O–H groups in total. The van der Waals surface area contributed by atoms with Crippen LogP contribution in [0.2, 0.25) is 0 Å². The van der Waals surface area contributed by atoms with Gasteiger partial charge in [0.05, 0.1) is 5.69 Å². The Labute approximate surface area is 222 Å². The van der Waals surface area contributed by atoms with Crippen LogP contribution in [0.15, 0.2) is 54.9 Å². The number of anilines is 1. The molecule has 0 spiro atoms. The van der Waals surface area contributed by atoms with E-state index in [1.54, 1.807) is 6.07 Å². The molecule has 0 radical (unpaired) electrons. The molecule has 0 fully saturated rings. The fourth-order valence-corrected chi connectivity index (χ4v) is 4.76. The number of fused-ring (bicyclic) bond motifs is 1. The highest BCUT2D eigenvalue weighted by Crippen LogP contribution is 2.32. The maximum Gasteiger partial charge on any atom is 0.169 e. The molecule has 0 aliphatic rings. The van der Waals surface area contributed by atoms with Crippen molar-refractivity contribution in [1.82, 2.24) is 4.90 Å². The average molecular weight is 509 g/mol. The summed E-state index contributed by atoms with van der Waals surface area (Å²) in [5.41, 5.74) is 1.86. The van der Waals surface area contributed by atoms with Crippen molar-refractivity contribution >= 4 is 28.4 Å². The maximum absolute atomic E-state index is 15.7. The number of aryl methyl sites for hydroxylation is 1. The van der Waals surface area contributed by atoms with E-state index in [1.165, 1.54) is 6.08 Å². The Morgan fingerprint density at radius 3 is 2.11 bits per heavy atom. The van der Waals surface area contributed by atoms with Crippen molar-refractivity contribution in [2.45, 2.75) is 66.3 Å². The van der Waals surface area contributed by atoms with Gasteiger partial charge in [0.1, 0.15) is 12.4 Å². The van der Waals surface area contributed by atoms with E-state index in [0.717, 1.165) is 76.8 Å². The molecule has 0 saturated heterocycles. The van der Waals surface area contributed by atoms with Gasteiger partial charge in [-0.15, -0.1) is 0 Å². The Balaban J connectivity index is 1.80. The van der Waals surface area contributed by atoms with E-state index in [0.29, 0.717) is 22.2 Å². The van der Waals surface area contributed by atoms with Crippen LogP contribution in [-0.2, 0) is 6.54 Å². The highest BCUT2D eigenvalue weighted by Gasteiger charge is 2.15. The van der Waals surface area contributed by atoms with Crippen LogP contribution >= 0.6 is 0 Å². The van der Waals surface area contributed by atoms with Crippen LogP contribution in [0.25, 0.3) is 22.7 Å². The lowest BCUT2D eigenvalue weighted by molar-refractivity contribution is -0.697. The van der Waals surface area contributed by atoms with E-state index >= 15 is 8.78 Å². The number of pyridine rings is 1. The Bertz CT molecular complexity index is 1130. The highest BCUT2D eigenvalue weighted by molar-refractivity contribution is 5.96. The van der Waals surface area contributed by atoms with Crippen molar-refractivity contribution in [2.24, 2.45) is 0 Å². The van der Waals surface area contributed by atoms with Gasteiger partial charge in [-0.25, -0.2) is 13.3 Å². The van der Waals surface area contributed by atoms with E-state index in [4.69, 9.17) is 0 Å². The van der Waals surface area contributed by atoms with Crippen LogP contribution in [0.3, 0.4) is 0 Å². The predicted molar refractivity (Wildman–Crippen MR) is 154 cm³/mol. The van der Waals surface area contributed by atoms with Crippen molar-refractivity contribution in [3.8, 4) is 0 Å². The first-order valence-electron chi connectivity index (χ1n) is 14.1. The molecule has 0 saturated carbocycles. The molecule has 0 aliphatic heterocycles. The molecule has 0 unspecified atom stereocenters. The molecule has 5 heteroatoms. The van der Waals surface area contributed by atoms with Gasteiger partial charge in [0.2, 0.25) is 0 Å². The van der Waals surface area contributed by atoms with E-state index in [2.05, 4.69) is 42.1 Å². The summed E-state index contributed by atoms with van der Waals surface area (Å²) >= 11 is 0. The van der Waals surface area contributed by atoms with Gasteiger partial charge < -0.3 is 9.80 Å². The van der Waals surface area contributed by atoms with Crippen molar-refractivity contribution in [2.75, 3.05) is 37.6 Å². The van der Waals surface area contributed by atoms with Crippen LogP contribution in [0.4, 0.5) is 14.5 Å². The number of hydrogen-bond donors (Lipinski definition) is 0. The SMILES string of the molecule is CCCCN(CCCC)c1ccc2c(/C=C(\F)c3cc[n+](CCCN(CC)CC)cc3)cccc2c1F. The van der Waals surface area contributed by atoms with Gasteiger partial charge in [0.15, 0.2) is 18.2 Å². The Kier molecular flexibility index (Phi) is 11.5. The first-order valence-corrected chi connectivity index (χ1v) is 14.1. The van der Waals surface area contributed by atoms with Crippen LogP contribution < -0.4 is 9.47 Å². The quantitative estimate of drug-likeness (QED) is 0.193. The zero-order chi connectivity index (χ0) is 26.6. The Morgan fingerprint density at radius 1 is 0.811 bits per heavy atom. The minimum absolute atomic E-state index is 0.217. The summed E-state index contributed by atoms with van der Waals surface area (Å²) in [7, 11) is 0. The van der Waals surface area contributed by atoms with Gasteiger partial charge in [-0.05, 0) is 49.0 Å². The standard InChI is InChI=1S/C32H44F2N3/c1-5-9-21-37(22-10-6-2)31-16-15-28-27(13-11-14-29(28)32(31)34)25-30(33)26-17-23-36(24-18-26)20-12-19-35(7-3)8-4/h11,13-18,23-25H,5-10,12,19-22H2,1-4H3/q+1/b30-25-. The van der Waals surface area contributed by atoms with Crippen molar-refractivity contribution in [1.29, 1.82) is 0 Å². The molecule has 3 rings (SSSR count). The van der Waals surface area contributed by atoms with Crippen LogP contribution in [0.1, 0.15) is 70.9 Å². The number of hydrogen-bond acceptors (Lipinski definition) is 2.